The first-order chi connectivity index (χ1) is 24.2. The van der Waals surface area contributed by atoms with Crippen LogP contribution in [0.3, 0.4) is 0 Å². The first kappa shape index (κ1) is 28.7. The van der Waals surface area contributed by atoms with E-state index in [-0.39, 0.29) is 0 Å². The molecule has 0 aliphatic carbocycles. The van der Waals surface area contributed by atoms with Gasteiger partial charge in [-0.05, 0) is 67.2 Å². The molecule has 0 bridgehead atoms. The van der Waals surface area contributed by atoms with Crippen molar-refractivity contribution >= 4 is 65.9 Å². The Hall–Kier alpha value is -6.52. The van der Waals surface area contributed by atoms with E-state index in [1.165, 1.54) is 32.3 Å². The topological polar surface area (TPSA) is 63.9 Å². The van der Waals surface area contributed by atoms with Gasteiger partial charge in [0.05, 0.1) is 6.54 Å². The van der Waals surface area contributed by atoms with E-state index in [1.807, 2.05) is 72.8 Å². The molecule has 9 rings (SSSR count). The van der Waals surface area contributed by atoms with Crippen molar-refractivity contribution in [2.24, 2.45) is 15.7 Å². The molecule has 0 amide bonds. The lowest BCUT2D eigenvalue weighted by molar-refractivity contribution is 0.668. The summed E-state index contributed by atoms with van der Waals surface area (Å²) in [6.07, 6.45) is 0. The van der Waals surface area contributed by atoms with E-state index in [0.717, 1.165) is 49.8 Å². The van der Waals surface area contributed by atoms with Gasteiger partial charge in [0.25, 0.3) is 0 Å². The summed E-state index contributed by atoms with van der Waals surface area (Å²) < 4.78 is 6.38. The average Bonchev–Trinajstić information content (AvgIpc) is 3.56. The Bertz CT molecular complexity index is 2710. The number of nitrogens with two attached hydrogens (primary N) is 1. The molecule has 0 aliphatic heterocycles. The molecule has 232 valence electrons. The first-order valence-electron chi connectivity index (χ1n) is 16.5. The minimum absolute atomic E-state index is 0.377. The van der Waals surface area contributed by atoms with Crippen molar-refractivity contribution in [1.29, 1.82) is 0 Å². The maximum absolute atomic E-state index is 6.56. The number of fused-ring (bicyclic) bond motifs is 9. The quantitative estimate of drug-likeness (QED) is 0.117. The van der Waals surface area contributed by atoms with E-state index in [9.17, 15) is 0 Å². The fourth-order valence-electron chi connectivity index (χ4n) is 7.12. The van der Waals surface area contributed by atoms with Gasteiger partial charge in [-0.2, -0.15) is 0 Å². The van der Waals surface area contributed by atoms with Gasteiger partial charge in [0.1, 0.15) is 17.0 Å². The standard InChI is InChI=1S/C45H31N3O/c46-44(29-13-3-1-4-14-29)48-45(30-15-5-2-6-16-30)47-28-40-32(25-26-42-43(40)38-21-11-12-22-41(38)49-42)31-23-24-37-35-19-8-7-17-33(35)34-18-9-10-20-36(34)39(37)27-31/h1-27H,28H2,(H2,46,47,48). The number of para-hydroxylation sites is 1. The molecule has 0 saturated carbocycles. The third-order valence-electron chi connectivity index (χ3n) is 9.42. The molecule has 4 nitrogen and oxygen atoms in total. The molecule has 0 radical (unpaired) electrons. The van der Waals surface area contributed by atoms with Gasteiger partial charge in [0, 0.05) is 21.9 Å². The van der Waals surface area contributed by atoms with Crippen LogP contribution in [-0.4, -0.2) is 11.7 Å². The second-order valence-corrected chi connectivity index (χ2v) is 12.3. The fraction of sp³-hybridized carbons (Fsp3) is 0.0222. The number of furan rings is 1. The molecule has 4 heteroatoms. The summed E-state index contributed by atoms with van der Waals surface area (Å²) in [6, 6.07) is 56.6. The molecule has 8 aromatic carbocycles. The van der Waals surface area contributed by atoms with Crippen molar-refractivity contribution < 1.29 is 4.42 Å². The van der Waals surface area contributed by atoms with Crippen LogP contribution in [-0.2, 0) is 6.54 Å². The zero-order valence-corrected chi connectivity index (χ0v) is 26.7. The maximum Gasteiger partial charge on any atom is 0.157 e. The Morgan fingerprint density at radius 2 is 1.04 bits per heavy atom. The molecule has 0 spiro atoms. The van der Waals surface area contributed by atoms with E-state index in [0.29, 0.717) is 18.2 Å². The first-order valence-corrected chi connectivity index (χ1v) is 16.5. The van der Waals surface area contributed by atoms with E-state index in [4.69, 9.17) is 20.1 Å². The van der Waals surface area contributed by atoms with Crippen LogP contribution in [0.4, 0.5) is 0 Å². The zero-order valence-electron chi connectivity index (χ0n) is 26.7. The number of amidine groups is 2. The summed E-state index contributed by atoms with van der Waals surface area (Å²) in [5, 5.41) is 9.61. The zero-order chi connectivity index (χ0) is 32.7. The molecule has 0 atom stereocenters. The van der Waals surface area contributed by atoms with E-state index in [1.54, 1.807) is 0 Å². The molecule has 2 N–H and O–H groups in total. The van der Waals surface area contributed by atoms with Crippen molar-refractivity contribution in [3.05, 3.63) is 180 Å². The third-order valence-corrected chi connectivity index (χ3v) is 9.42. The van der Waals surface area contributed by atoms with E-state index >= 15 is 0 Å². The van der Waals surface area contributed by atoms with E-state index in [2.05, 4.69) is 91.0 Å². The molecule has 0 aliphatic rings. The van der Waals surface area contributed by atoms with Crippen LogP contribution in [0.1, 0.15) is 16.7 Å². The van der Waals surface area contributed by atoms with Gasteiger partial charge in [-0.15, -0.1) is 0 Å². The van der Waals surface area contributed by atoms with Crippen molar-refractivity contribution in [2.45, 2.75) is 6.54 Å². The Kier molecular flexibility index (Phi) is 6.98. The predicted molar refractivity (Wildman–Crippen MR) is 206 cm³/mol. The summed E-state index contributed by atoms with van der Waals surface area (Å²) in [6.45, 7) is 0.377. The molecule has 0 saturated heterocycles. The van der Waals surface area contributed by atoms with Gasteiger partial charge in [-0.25, -0.2) is 4.99 Å². The number of nitrogens with zero attached hydrogens (tertiary/aromatic N) is 2. The summed E-state index contributed by atoms with van der Waals surface area (Å²) in [7, 11) is 0. The van der Waals surface area contributed by atoms with Crippen LogP contribution in [0.25, 0.3) is 65.4 Å². The summed E-state index contributed by atoms with van der Waals surface area (Å²) in [5.74, 6) is 0.998. The Labute approximate surface area is 283 Å². The summed E-state index contributed by atoms with van der Waals surface area (Å²) in [4.78, 5) is 10.1. The van der Waals surface area contributed by atoms with Crippen molar-refractivity contribution in [3.63, 3.8) is 0 Å². The molecular formula is C45H31N3O. The Balaban J connectivity index is 1.28. The number of benzene rings is 8. The molecule has 1 heterocycles. The highest BCUT2D eigenvalue weighted by molar-refractivity contribution is 6.26. The summed E-state index contributed by atoms with van der Waals surface area (Å²) >= 11 is 0. The molecule has 9 aromatic rings. The molecule has 0 unspecified atom stereocenters. The lowest BCUT2D eigenvalue weighted by atomic mass is 9.90. The SMILES string of the molecule is NC(=NC(=NCc1c(-c2ccc3c4ccccc4c4ccccc4c3c2)ccc2oc3ccccc3c12)c1ccccc1)c1ccccc1. The Morgan fingerprint density at radius 3 is 1.71 bits per heavy atom. The number of aliphatic imine (C=N–C) groups is 2. The van der Waals surface area contributed by atoms with Gasteiger partial charge < -0.3 is 10.2 Å². The van der Waals surface area contributed by atoms with Crippen LogP contribution in [0.5, 0.6) is 0 Å². The van der Waals surface area contributed by atoms with Crippen LogP contribution < -0.4 is 5.73 Å². The monoisotopic (exact) mass is 629 g/mol. The third kappa shape index (κ3) is 5.02. The van der Waals surface area contributed by atoms with Crippen LogP contribution in [0, 0.1) is 0 Å². The van der Waals surface area contributed by atoms with Crippen molar-refractivity contribution in [2.75, 3.05) is 0 Å². The average molecular weight is 630 g/mol. The maximum atomic E-state index is 6.56. The normalized spacial score (nSPS) is 12.5. The molecule has 1 aromatic heterocycles. The van der Waals surface area contributed by atoms with Gasteiger partial charge in [0.2, 0.25) is 0 Å². The van der Waals surface area contributed by atoms with Gasteiger partial charge >= 0.3 is 0 Å². The van der Waals surface area contributed by atoms with Gasteiger partial charge in [0.15, 0.2) is 5.84 Å². The number of rotatable bonds is 5. The van der Waals surface area contributed by atoms with Gasteiger partial charge in [-0.3, -0.25) is 4.99 Å². The smallest absolute Gasteiger partial charge is 0.157 e. The molecule has 0 fully saturated rings. The second-order valence-electron chi connectivity index (χ2n) is 12.3. The highest BCUT2D eigenvalue weighted by Gasteiger charge is 2.18. The van der Waals surface area contributed by atoms with E-state index < -0.39 is 0 Å². The largest absolute Gasteiger partial charge is 0.456 e. The van der Waals surface area contributed by atoms with Crippen LogP contribution in [0.15, 0.2) is 178 Å². The lowest BCUT2D eigenvalue weighted by Gasteiger charge is -2.14. The fourth-order valence-corrected chi connectivity index (χ4v) is 7.12. The van der Waals surface area contributed by atoms with Crippen LogP contribution in [0.2, 0.25) is 0 Å². The van der Waals surface area contributed by atoms with Crippen molar-refractivity contribution in [1.82, 2.24) is 0 Å². The number of hydrogen-bond donors (Lipinski definition) is 1. The highest BCUT2D eigenvalue weighted by Crippen LogP contribution is 2.41. The van der Waals surface area contributed by atoms with Crippen LogP contribution >= 0.6 is 0 Å². The van der Waals surface area contributed by atoms with Crippen molar-refractivity contribution in [3.8, 4) is 11.1 Å². The molecular weight excluding hydrogens is 599 g/mol. The Morgan fingerprint density at radius 1 is 0.490 bits per heavy atom. The minimum Gasteiger partial charge on any atom is -0.456 e. The summed E-state index contributed by atoms with van der Waals surface area (Å²) in [5.41, 5.74) is 13.3. The lowest BCUT2D eigenvalue weighted by Crippen LogP contribution is -2.16. The van der Waals surface area contributed by atoms with Gasteiger partial charge in [-0.1, -0.05) is 146 Å². The highest BCUT2D eigenvalue weighted by atomic mass is 16.3. The predicted octanol–water partition coefficient (Wildman–Crippen LogP) is 11.1. The minimum atomic E-state index is 0.377. The molecule has 49 heavy (non-hydrogen) atoms. The second kappa shape index (κ2) is 11.9. The number of hydrogen-bond acceptors (Lipinski definition) is 2.